The lowest BCUT2D eigenvalue weighted by molar-refractivity contribution is 0.0458. The summed E-state index contributed by atoms with van der Waals surface area (Å²) in [6, 6.07) is 4.28. The molecule has 128 valence electrons. The minimum absolute atomic E-state index is 0.106. The van der Waals surface area contributed by atoms with Crippen LogP contribution >= 0.6 is 0 Å². The van der Waals surface area contributed by atoms with Gasteiger partial charge in [-0.3, -0.25) is 0 Å². The number of rotatable bonds is 5. The standard InChI is InChI=1S/C15H22N2O5S/c1-3-22-11-6-8-17(9-7-11)14-5-4-12(23(16,19)20)10-13(14)15(18)21-2/h4-5,10-11H,3,6-9H2,1-2H3,(H2,16,19,20). The van der Waals surface area contributed by atoms with Gasteiger partial charge in [0.1, 0.15) is 0 Å². The van der Waals surface area contributed by atoms with Gasteiger partial charge >= 0.3 is 5.97 Å². The van der Waals surface area contributed by atoms with E-state index in [0.29, 0.717) is 12.3 Å². The Morgan fingerprint density at radius 2 is 2.00 bits per heavy atom. The van der Waals surface area contributed by atoms with Gasteiger partial charge in [0, 0.05) is 19.7 Å². The van der Waals surface area contributed by atoms with E-state index in [1.54, 1.807) is 6.07 Å². The van der Waals surface area contributed by atoms with Crippen molar-refractivity contribution in [3.63, 3.8) is 0 Å². The Balaban J connectivity index is 2.30. The molecule has 1 fully saturated rings. The van der Waals surface area contributed by atoms with Crippen molar-refractivity contribution in [2.45, 2.75) is 30.8 Å². The lowest BCUT2D eigenvalue weighted by Gasteiger charge is -2.34. The van der Waals surface area contributed by atoms with Gasteiger partial charge in [-0.1, -0.05) is 0 Å². The monoisotopic (exact) mass is 342 g/mol. The molecule has 0 aromatic heterocycles. The molecule has 1 aliphatic rings. The van der Waals surface area contributed by atoms with Gasteiger partial charge in [-0.25, -0.2) is 18.4 Å². The van der Waals surface area contributed by atoms with E-state index in [4.69, 9.17) is 14.6 Å². The molecule has 1 aromatic carbocycles. The van der Waals surface area contributed by atoms with Gasteiger partial charge in [0.25, 0.3) is 0 Å². The van der Waals surface area contributed by atoms with Gasteiger partial charge in [0.15, 0.2) is 0 Å². The number of ether oxygens (including phenoxy) is 2. The first-order valence-electron chi connectivity index (χ1n) is 7.48. The average Bonchev–Trinajstić information content (AvgIpc) is 2.54. The zero-order valence-electron chi connectivity index (χ0n) is 13.3. The maximum Gasteiger partial charge on any atom is 0.340 e. The number of nitrogens with two attached hydrogens (primary N) is 1. The van der Waals surface area contributed by atoms with Crippen LogP contribution < -0.4 is 10.0 Å². The number of primary sulfonamides is 1. The van der Waals surface area contributed by atoms with E-state index in [2.05, 4.69) is 0 Å². The van der Waals surface area contributed by atoms with E-state index in [1.165, 1.54) is 19.2 Å². The zero-order chi connectivity index (χ0) is 17.0. The van der Waals surface area contributed by atoms with Crippen molar-refractivity contribution < 1.29 is 22.7 Å². The highest BCUT2D eigenvalue weighted by Gasteiger charge is 2.25. The number of hydrogen-bond acceptors (Lipinski definition) is 6. The van der Waals surface area contributed by atoms with E-state index in [1.807, 2.05) is 11.8 Å². The normalized spacial score (nSPS) is 16.4. The van der Waals surface area contributed by atoms with Gasteiger partial charge in [-0.05, 0) is 38.0 Å². The number of carbonyl (C=O) groups excluding carboxylic acids is 1. The predicted molar refractivity (Wildman–Crippen MR) is 86.0 cm³/mol. The van der Waals surface area contributed by atoms with Crippen LogP contribution in [0.3, 0.4) is 0 Å². The molecule has 0 bridgehead atoms. The van der Waals surface area contributed by atoms with Crippen LogP contribution in [0, 0.1) is 0 Å². The van der Waals surface area contributed by atoms with Crippen molar-refractivity contribution >= 4 is 21.7 Å². The van der Waals surface area contributed by atoms with E-state index in [0.717, 1.165) is 25.9 Å². The van der Waals surface area contributed by atoms with E-state index in [9.17, 15) is 13.2 Å². The lowest BCUT2D eigenvalue weighted by atomic mass is 10.0. The molecule has 0 saturated carbocycles. The highest BCUT2D eigenvalue weighted by atomic mass is 32.2. The molecule has 1 aromatic rings. The summed E-state index contributed by atoms with van der Waals surface area (Å²) in [4.78, 5) is 13.9. The molecule has 2 rings (SSSR count). The Bertz CT molecular complexity index is 666. The lowest BCUT2D eigenvalue weighted by Crippen LogP contribution is -2.38. The fraction of sp³-hybridized carbons (Fsp3) is 0.533. The van der Waals surface area contributed by atoms with Gasteiger partial charge in [0.05, 0.1) is 29.4 Å². The SMILES string of the molecule is CCOC1CCN(c2ccc(S(N)(=O)=O)cc2C(=O)OC)CC1. The minimum Gasteiger partial charge on any atom is -0.465 e. The van der Waals surface area contributed by atoms with E-state index < -0.39 is 16.0 Å². The molecule has 1 heterocycles. The number of methoxy groups -OCH3 is 1. The van der Waals surface area contributed by atoms with Crippen LogP contribution in [0.15, 0.2) is 23.1 Å². The Labute approximate surface area is 136 Å². The summed E-state index contributed by atoms with van der Waals surface area (Å²) in [5.41, 5.74) is 0.855. The van der Waals surface area contributed by atoms with Crippen molar-refractivity contribution in [1.82, 2.24) is 0 Å². The number of esters is 1. The highest BCUT2D eigenvalue weighted by Crippen LogP contribution is 2.28. The Kier molecular flexibility index (Phi) is 5.61. The molecular formula is C15H22N2O5S. The van der Waals surface area contributed by atoms with Crippen LogP contribution in [0.1, 0.15) is 30.1 Å². The molecule has 1 saturated heterocycles. The number of sulfonamides is 1. The first-order chi connectivity index (χ1) is 10.9. The van der Waals surface area contributed by atoms with Crippen molar-refractivity contribution in [3.8, 4) is 0 Å². The number of hydrogen-bond donors (Lipinski definition) is 1. The molecular weight excluding hydrogens is 320 g/mol. The summed E-state index contributed by atoms with van der Waals surface area (Å²) < 4.78 is 33.4. The molecule has 2 N–H and O–H groups in total. The summed E-state index contributed by atoms with van der Waals surface area (Å²) in [5, 5.41) is 5.14. The summed E-state index contributed by atoms with van der Waals surface area (Å²) in [6.07, 6.45) is 1.93. The maximum atomic E-state index is 12.0. The van der Waals surface area contributed by atoms with Crippen LogP contribution in [0.5, 0.6) is 0 Å². The Morgan fingerprint density at radius 1 is 1.35 bits per heavy atom. The molecule has 0 amide bonds. The number of carbonyl (C=O) groups is 1. The first-order valence-corrected chi connectivity index (χ1v) is 9.03. The molecule has 0 spiro atoms. The summed E-state index contributed by atoms with van der Waals surface area (Å²) in [7, 11) is -2.62. The molecule has 7 nitrogen and oxygen atoms in total. The second kappa shape index (κ2) is 7.29. The van der Waals surface area contributed by atoms with Crippen molar-refractivity contribution in [2.75, 3.05) is 31.7 Å². The number of piperidine rings is 1. The summed E-state index contributed by atoms with van der Waals surface area (Å²) >= 11 is 0. The zero-order valence-corrected chi connectivity index (χ0v) is 14.1. The molecule has 1 aliphatic heterocycles. The van der Waals surface area contributed by atoms with Crippen molar-refractivity contribution in [1.29, 1.82) is 0 Å². The van der Waals surface area contributed by atoms with Crippen LogP contribution in [-0.2, 0) is 19.5 Å². The van der Waals surface area contributed by atoms with Gasteiger partial charge in [-0.15, -0.1) is 0 Å². The van der Waals surface area contributed by atoms with Crippen LogP contribution in [0.2, 0.25) is 0 Å². The molecule has 8 heteroatoms. The summed E-state index contributed by atoms with van der Waals surface area (Å²) in [6.45, 7) is 4.10. The number of benzene rings is 1. The fourth-order valence-corrected chi connectivity index (χ4v) is 3.28. The third kappa shape index (κ3) is 4.21. The minimum atomic E-state index is -3.88. The topological polar surface area (TPSA) is 98.9 Å². The fourth-order valence-electron chi connectivity index (χ4n) is 2.74. The number of nitrogens with zero attached hydrogens (tertiary/aromatic N) is 1. The highest BCUT2D eigenvalue weighted by molar-refractivity contribution is 7.89. The van der Waals surface area contributed by atoms with E-state index >= 15 is 0 Å². The number of anilines is 1. The third-order valence-electron chi connectivity index (χ3n) is 3.89. The molecule has 0 atom stereocenters. The maximum absolute atomic E-state index is 12.0. The third-order valence-corrected chi connectivity index (χ3v) is 4.80. The van der Waals surface area contributed by atoms with Gasteiger partial charge in [-0.2, -0.15) is 0 Å². The van der Waals surface area contributed by atoms with Crippen LogP contribution in [0.4, 0.5) is 5.69 Å². The second-order valence-electron chi connectivity index (χ2n) is 5.36. The van der Waals surface area contributed by atoms with Crippen LogP contribution in [-0.4, -0.2) is 47.3 Å². The van der Waals surface area contributed by atoms with Crippen molar-refractivity contribution in [3.05, 3.63) is 23.8 Å². The smallest absolute Gasteiger partial charge is 0.340 e. The van der Waals surface area contributed by atoms with Crippen LogP contribution in [0.25, 0.3) is 0 Å². The second-order valence-corrected chi connectivity index (χ2v) is 6.92. The molecule has 0 radical (unpaired) electrons. The van der Waals surface area contributed by atoms with Gasteiger partial charge < -0.3 is 14.4 Å². The molecule has 23 heavy (non-hydrogen) atoms. The quantitative estimate of drug-likeness (QED) is 0.805. The summed E-state index contributed by atoms with van der Waals surface area (Å²) in [5.74, 6) is -0.586. The Morgan fingerprint density at radius 3 is 2.52 bits per heavy atom. The Hall–Kier alpha value is -1.64. The van der Waals surface area contributed by atoms with E-state index in [-0.39, 0.29) is 16.6 Å². The largest absolute Gasteiger partial charge is 0.465 e. The average molecular weight is 342 g/mol. The predicted octanol–water partition coefficient (Wildman–Crippen LogP) is 1.13. The van der Waals surface area contributed by atoms with Gasteiger partial charge in [0.2, 0.25) is 10.0 Å². The van der Waals surface area contributed by atoms with Crippen molar-refractivity contribution in [2.24, 2.45) is 5.14 Å². The molecule has 0 unspecified atom stereocenters. The molecule has 0 aliphatic carbocycles. The first kappa shape index (κ1) is 17.7.